The van der Waals surface area contributed by atoms with Crippen LogP contribution in [0.3, 0.4) is 0 Å². The van der Waals surface area contributed by atoms with Crippen LogP contribution in [0.4, 0.5) is 5.69 Å². The molecule has 0 unspecified atom stereocenters. The summed E-state index contributed by atoms with van der Waals surface area (Å²) in [5.74, 6) is -0.742. The third kappa shape index (κ3) is 2.83. The number of carbonyl (C=O) groups excluding carboxylic acids is 2. The van der Waals surface area contributed by atoms with Crippen molar-refractivity contribution in [2.24, 2.45) is 0 Å². The van der Waals surface area contributed by atoms with Crippen molar-refractivity contribution in [3.63, 3.8) is 0 Å². The molecule has 1 aliphatic rings. The smallest absolute Gasteiger partial charge is 0.266 e. The lowest BCUT2D eigenvalue weighted by molar-refractivity contribution is -0.112. The van der Waals surface area contributed by atoms with E-state index in [9.17, 15) is 9.59 Å². The Hall–Kier alpha value is -3.70. The zero-order chi connectivity index (χ0) is 20.8. The number of aryl methyl sites for hydroxylation is 1. The first kappa shape index (κ1) is 18.3. The van der Waals surface area contributed by atoms with E-state index < -0.39 is 5.91 Å². The quantitative estimate of drug-likeness (QED) is 0.342. The summed E-state index contributed by atoms with van der Waals surface area (Å²) in [6.07, 6.45) is 3.54. The Morgan fingerprint density at radius 2 is 1.67 bits per heavy atom. The van der Waals surface area contributed by atoms with Crippen molar-refractivity contribution >= 4 is 46.4 Å². The number of fused-ring (bicyclic) bond motifs is 2. The molecule has 4 aromatic rings. The Kier molecular flexibility index (Phi) is 4.26. The van der Waals surface area contributed by atoms with Gasteiger partial charge in [-0.2, -0.15) is 0 Å². The highest BCUT2D eigenvalue weighted by molar-refractivity contribution is 6.43. The molecule has 0 saturated carbocycles. The van der Waals surface area contributed by atoms with Gasteiger partial charge in [0.1, 0.15) is 5.65 Å². The van der Waals surface area contributed by atoms with E-state index >= 15 is 0 Å². The van der Waals surface area contributed by atoms with Crippen molar-refractivity contribution in [3.05, 3.63) is 100 Å². The molecule has 1 aliphatic heterocycles. The maximum absolute atomic E-state index is 13.5. The van der Waals surface area contributed by atoms with E-state index in [2.05, 4.69) is 4.98 Å². The van der Waals surface area contributed by atoms with Gasteiger partial charge in [0.15, 0.2) is 5.15 Å². The second-order valence-corrected chi connectivity index (χ2v) is 7.46. The first-order valence-corrected chi connectivity index (χ1v) is 9.81. The van der Waals surface area contributed by atoms with E-state index in [1.807, 2.05) is 60.0 Å². The number of benzene rings is 2. The Morgan fingerprint density at radius 1 is 0.900 bits per heavy atom. The molecule has 3 heterocycles. The van der Waals surface area contributed by atoms with E-state index in [0.29, 0.717) is 33.7 Å². The van der Waals surface area contributed by atoms with Gasteiger partial charge in [-0.15, -0.1) is 0 Å². The normalized spacial score (nSPS) is 15.1. The number of imide groups is 1. The molecule has 2 amide bonds. The minimum Gasteiger partial charge on any atom is -0.299 e. The van der Waals surface area contributed by atoms with E-state index in [1.165, 1.54) is 4.90 Å². The highest BCUT2D eigenvalue weighted by atomic mass is 35.5. The third-order valence-electron chi connectivity index (χ3n) is 5.15. The number of amides is 2. The fraction of sp³-hybridized carbons (Fsp3) is 0.0417. The molecule has 0 radical (unpaired) electrons. The number of nitrogens with zero attached hydrogens (tertiary/aromatic N) is 3. The number of anilines is 1. The number of imidazole rings is 1. The molecule has 0 saturated heterocycles. The Bertz CT molecular complexity index is 1370. The molecule has 0 atom stereocenters. The zero-order valence-corrected chi connectivity index (χ0v) is 16.8. The Labute approximate surface area is 177 Å². The van der Waals surface area contributed by atoms with Crippen LogP contribution in [0.1, 0.15) is 27.2 Å². The maximum Gasteiger partial charge on any atom is 0.266 e. The van der Waals surface area contributed by atoms with Gasteiger partial charge >= 0.3 is 0 Å². The summed E-state index contributed by atoms with van der Waals surface area (Å²) in [5, 5.41) is 0.290. The minimum atomic E-state index is -0.397. The molecule has 0 N–H and O–H groups in total. The first-order valence-electron chi connectivity index (χ1n) is 9.44. The molecule has 30 heavy (non-hydrogen) atoms. The molecular weight excluding hydrogens is 398 g/mol. The average Bonchev–Trinajstić information content (AvgIpc) is 3.06. The number of hydrogen-bond acceptors (Lipinski definition) is 3. The van der Waals surface area contributed by atoms with Gasteiger partial charge in [0, 0.05) is 17.3 Å². The molecular formula is C24H16ClN3O2. The molecule has 146 valence electrons. The second kappa shape index (κ2) is 6.97. The van der Waals surface area contributed by atoms with Gasteiger partial charge in [-0.25, -0.2) is 9.88 Å². The number of rotatable bonds is 2. The summed E-state index contributed by atoms with van der Waals surface area (Å²) in [5.41, 5.74) is 4.20. The molecule has 5 rings (SSSR count). The molecule has 0 spiro atoms. The van der Waals surface area contributed by atoms with Crippen LogP contribution in [0.5, 0.6) is 0 Å². The average molecular weight is 414 g/mol. The monoisotopic (exact) mass is 413 g/mol. The van der Waals surface area contributed by atoms with Crippen LogP contribution in [0.15, 0.2) is 72.9 Å². The van der Waals surface area contributed by atoms with Gasteiger partial charge in [0.05, 0.1) is 17.0 Å². The van der Waals surface area contributed by atoms with Crippen molar-refractivity contribution < 1.29 is 9.59 Å². The van der Waals surface area contributed by atoms with Gasteiger partial charge in [-0.3, -0.25) is 14.0 Å². The van der Waals surface area contributed by atoms with Crippen molar-refractivity contribution in [2.45, 2.75) is 6.92 Å². The van der Waals surface area contributed by atoms with Crippen molar-refractivity contribution in [2.75, 3.05) is 4.90 Å². The molecule has 0 aliphatic carbocycles. The van der Waals surface area contributed by atoms with Crippen molar-refractivity contribution in [1.29, 1.82) is 0 Å². The summed E-state index contributed by atoms with van der Waals surface area (Å²) >= 11 is 6.40. The van der Waals surface area contributed by atoms with Crippen LogP contribution in [-0.2, 0) is 4.79 Å². The molecule has 2 aromatic carbocycles. The van der Waals surface area contributed by atoms with Crippen molar-refractivity contribution in [1.82, 2.24) is 9.38 Å². The molecule has 2 aromatic heterocycles. The summed E-state index contributed by atoms with van der Waals surface area (Å²) < 4.78 is 1.82. The van der Waals surface area contributed by atoms with Gasteiger partial charge < -0.3 is 0 Å². The summed E-state index contributed by atoms with van der Waals surface area (Å²) in [6.45, 7) is 1.92. The summed E-state index contributed by atoms with van der Waals surface area (Å²) in [4.78, 5) is 32.3. The van der Waals surface area contributed by atoms with Crippen LogP contribution in [0.25, 0.3) is 17.3 Å². The fourth-order valence-electron chi connectivity index (χ4n) is 3.75. The molecule has 0 bridgehead atoms. The number of hydrogen-bond donors (Lipinski definition) is 0. The lowest BCUT2D eigenvalue weighted by atomic mass is 9.92. The van der Waals surface area contributed by atoms with Crippen LogP contribution in [-0.4, -0.2) is 21.2 Å². The number of carbonyl (C=O) groups is 2. The van der Waals surface area contributed by atoms with Gasteiger partial charge in [0.25, 0.3) is 11.8 Å². The van der Waals surface area contributed by atoms with Gasteiger partial charge in [-0.1, -0.05) is 48.0 Å². The predicted octanol–water partition coefficient (Wildman–Crippen LogP) is 5.02. The SMILES string of the molecule is Cc1cccc(N2C(=O)/C(=C\c3c(Cl)nc4ccccn34)c3ccccc3C2=O)c1. The van der Waals surface area contributed by atoms with Crippen LogP contribution in [0.2, 0.25) is 5.15 Å². The number of aromatic nitrogens is 2. The number of pyridine rings is 1. The van der Waals surface area contributed by atoms with Gasteiger partial charge in [-0.05, 0) is 48.9 Å². The molecule has 0 fully saturated rings. The van der Waals surface area contributed by atoms with E-state index in [4.69, 9.17) is 11.6 Å². The highest BCUT2D eigenvalue weighted by Gasteiger charge is 2.36. The zero-order valence-electron chi connectivity index (χ0n) is 16.0. The summed E-state index contributed by atoms with van der Waals surface area (Å²) in [7, 11) is 0. The maximum atomic E-state index is 13.5. The van der Waals surface area contributed by atoms with Gasteiger partial charge in [0.2, 0.25) is 0 Å². The Morgan fingerprint density at radius 3 is 2.47 bits per heavy atom. The van der Waals surface area contributed by atoms with Crippen LogP contribution >= 0.6 is 11.6 Å². The fourth-order valence-corrected chi connectivity index (χ4v) is 3.98. The number of halogens is 1. The standard InChI is InChI=1S/C24H16ClN3O2/c1-15-7-6-8-16(13-15)28-23(29)18-10-3-2-9-17(18)19(24(28)30)14-20-22(25)26-21-11-4-5-12-27(20)21/h2-14H,1H3/b19-14-. The minimum absolute atomic E-state index is 0.290. The third-order valence-corrected chi connectivity index (χ3v) is 5.43. The predicted molar refractivity (Wildman–Crippen MR) is 118 cm³/mol. The lowest BCUT2D eigenvalue weighted by Crippen LogP contribution is -2.41. The largest absolute Gasteiger partial charge is 0.299 e. The Balaban J connectivity index is 1.75. The van der Waals surface area contributed by atoms with Crippen molar-refractivity contribution in [3.8, 4) is 0 Å². The van der Waals surface area contributed by atoms with E-state index in [1.54, 1.807) is 30.3 Å². The molecule has 6 heteroatoms. The van der Waals surface area contributed by atoms with E-state index in [0.717, 1.165) is 5.56 Å². The highest BCUT2D eigenvalue weighted by Crippen LogP contribution is 2.34. The van der Waals surface area contributed by atoms with E-state index in [-0.39, 0.29) is 11.1 Å². The molecule has 5 nitrogen and oxygen atoms in total. The summed E-state index contributed by atoms with van der Waals surface area (Å²) in [6, 6.07) is 20.0. The first-order chi connectivity index (χ1) is 14.5. The van der Waals surface area contributed by atoms with Crippen LogP contribution < -0.4 is 4.90 Å². The van der Waals surface area contributed by atoms with Crippen LogP contribution in [0, 0.1) is 6.92 Å². The topological polar surface area (TPSA) is 54.7 Å². The lowest BCUT2D eigenvalue weighted by Gasteiger charge is -2.28. The second-order valence-electron chi connectivity index (χ2n) is 7.11.